The van der Waals surface area contributed by atoms with Crippen LogP contribution in [0, 0.1) is 5.82 Å². The zero-order chi connectivity index (χ0) is 14.9. The van der Waals surface area contributed by atoms with Crippen LogP contribution < -0.4 is 10.1 Å². The average Bonchev–Trinajstić information content (AvgIpc) is 2.52. The fourth-order valence-electron chi connectivity index (χ4n) is 1.87. The number of nitrogens with one attached hydrogen (secondary N) is 1. The van der Waals surface area contributed by atoms with Crippen LogP contribution in [0.1, 0.15) is 12.5 Å². The Hall–Kier alpha value is -2.07. The third kappa shape index (κ3) is 5.44. The minimum absolute atomic E-state index is 0.219. The molecule has 112 valence electrons. The van der Waals surface area contributed by atoms with Crippen molar-refractivity contribution >= 4 is 5.69 Å². The van der Waals surface area contributed by atoms with Crippen LogP contribution >= 0.6 is 0 Å². The summed E-state index contributed by atoms with van der Waals surface area (Å²) < 4.78 is 23.7. The van der Waals surface area contributed by atoms with Gasteiger partial charge in [-0.3, -0.25) is 0 Å². The van der Waals surface area contributed by atoms with E-state index in [0.29, 0.717) is 26.4 Å². The lowest BCUT2D eigenvalue weighted by Gasteiger charge is -2.10. The molecule has 0 atom stereocenters. The second kappa shape index (κ2) is 8.27. The zero-order valence-corrected chi connectivity index (χ0v) is 12.1. The highest BCUT2D eigenvalue weighted by Gasteiger charge is 1.98. The molecule has 0 spiro atoms. The summed E-state index contributed by atoms with van der Waals surface area (Å²) in [6.45, 7) is 4.42. The number of rotatable bonds is 8. The Kier molecular flexibility index (Phi) is 6.03. The second-order valence-corrected chi connectivity index (χ2v) is 4.55. The van der Waals surface area contributed by atoms with Crippen molar-refractivity contribution in [3.63, 3.8) is 0 Å². The first kappa shape index (κ1) is 15.3. The van der Waals surface area contributed by atoms with E-state index >= 15 is 0 Å². The van der Waals surface area contributed by atoms with Crippen LogP contribution in [0.2, 0.25) is 0 Å². The van der Waals surface area contributed by atoms with E-state index in [2.05, 4.69) is 5.32 Å². The number of anilines is 1. The molecular weight excluding hydrogens is 269 g/mol. The molecular formula is C17H20FNO2. The van der Waals surface area contributed by atoms with Gasteiger partial charge in [0.25, 0.3) is 0 Å². The van der Waals surface area contributed by atoms with Crippen molar-refractivity contribution in [3.8, 4) is 5.75 Å². The molecule has 0 heterocycles. The molecule has 0 bridgehead atoms. The van der Waals surface area contributed by atoms with Gasteiger partial charge in [0.1, 0.15) is 18.2 Å². The fourth-order valence-corrected chi connectivity index (χ4v) is 1.87. The Bertz CT molecular complexity index is 543. The van der Waals surface area contributed by atoms with Crippen LogP contribution in [0.4, 0.5) is 10.1 Å². The minimum Gasteiger partial charge on any atom is -0.491 e. The predicted molar refractivity (Wildman–Crippen MR) is 82.2 cm³/mol. The van der Waals surface area contributed by atoms with Gasteiger partial charge >= 0.3 is 0 Å². The molecule has 0 fully saturated rings. The lowest BCUT2D eigenvalue weighted by Crippen LogP contribution is -2.06. The third-order valence-corrected chi connectivity index (χ3v) is 2.94. The van der Waals surface area contributed by atoms with Gasteiger partial charge in [-0.1, -0.05) is 18.2 Å². The van der Waals surface area contributed by atoms with E-state index in [1.54, 1.807) is 12.1 Å². The van der Waals surface area contributed by atoms with Gasteiger partial charge in [-0.15, -0.1) is 0 Å². The van der Waals surface area contributed by atoms with E-state index in [9.17, 15) is 4.39 Å². The van der Waals surface area contributed by atoms with Crippen molar-refractivity contribution in [2.75, 3.05) is 25.1 Å². The lowest BCUT2D eigenvalue weighted by atomic mass is 10.2. The topological polar surface area (TPSA) is 30.5 Å². The van der Waals surface area contributed by atoms with Crippen molar-refractivity contribution in [2.45, 2.75) is 13.5 Å². The second-order valence-electron chi connectivity index (χ2n) is 4.55. The summed E-state index contributed by atoms with van der Waals surface area (Å²) in [6, 6.07) is 14.2. The highest BCUT2D eigenvalue weighted by molar-refractivity contribution is 5.48. The van der Waals surface area contributed by atoms with Gasteiger partial charge in [-0.05, 0) is 36.8 Å². The largest absolute Gasteiger partial charge is 0.491 e. The SMILES string of the molecule is CCOCCOc1cccc(NCc2ccc(F)cc2)c1. The van der Waals surface area contributed by atoms with E-state index < -0.39 is 0 Å². The molecule has 0 saturated carbocycles. The predicted octanol–water partition coefficient (Wildman–Crippen LogP) is 3.85. The molecule has 2 aromatic rings. The van der Waals surface area contributed by atoms with Gasteiger partial charge < -0.3 is 14.8 Å². The summed E-state index contributed by atoms with van der Waals surface area (Å²) >= 11 is 0. The average molecular weight is 289 g/mol. The maximum absolute atomic E-state index is 12.8. The quantitative estimate of drug-likeness (QED) is 0.749. The first-order valence-corrected chi connectivity index (χ1v) is 7.07. The van der Waals surface area contributed by atoms with E-state index in [1.165, 1.54) is 12.1 Å². The van der Waals surface area contributed by atoms with Gasteiger partial charge in [0.2, 0.25) is 0 Å². The van der Waals surface area contributed by atoms with E-state index in [-0.39, 0.29) is 5.82 Å². The number of hydrogen-bond donors (Lipinski definition) is 1. The molecule has 3 nitrogen and oxygen atoms in total. The van der Waals surface area contributed by atoms with Crippen molar-refractivity contribution < 1.29 is 13.9 Å². The van der Waals surface area contributed by atoms with Gasteiger partial charge in [0.05, 0.1) is 6.61 Å². The maximum atomic E-state index is 12.8. The van der Waals surface area contributed by atoms with Crippen LogP contribution in [0.25, 0.3) is 0 Å². The van der Waals surface area contributed by atoms with Gasteiger partial charge in [0.15, 0.2) is 0 Å². The molecule has 0 unspecified atom stereocenters. The molecule has 0 aliphatic heterocycles. The monoisotopic (exact) mass is 289 g/mol. The van der Waals surface area contributed by atoms with Crippen molar-refractivity contribution in [1.82, 2.24) is 0 Å². The number of halogens is 1. The molecule has 0 aromatic heterocycles. The van der Waals surface area contributed by atoms with Gasteiger partial charge in [-0.2, -0.15) is 0 Å². The van der Waals surface area contributed by atoms with Crippen molar-refractivity contribution in [3.05, 3.63) is 59.9 Å². The highest BCUT2D eigenvalue weighted by atomic mass is 19.1. The normalized spacial score (nSPS) is 10.4. The maximum Gasteiger partial charge on any atom is 0.123 e. The lowest BCUT2D eigenvalue weighted by molar-refractivity contribution is 0.110. The molecule has 4 heteroatoms. The first-order chi connectivity index (χ1) is 10.3. The summed E-state index contributed by atoms with van der Waals surface area (Å²) in [5.41, 5.74) is 1.99. The summed E-state index contributed by atoms with van der Waals surface area (Å²) in [5.74, 6) is 0.585. The van der Waals surface area contributed by atoms with Crippen LogP contribution in [-0.4, -0.2) is 19.8 Å². The number of benzene rings is 2. The Morgan fingerprint density at radius 3 is 2.62 bits per heavy atom. The summed E-state index contributed by atoms with van der Waals surface area (Å²) in [5, 5.41) is 3.29. The molecule has 2 aromatic carbocycles. The number of hydrogen-bond acceptors (Lipinski definition) is 3. The Balaban J connectivity index is 1.84. The molecule has 0 saturated heterocycles. The summed E-state index contributed by atoms with van der Waals surface area (Å²) in [6.07, 6.45) is 0. The first-order valence-electron chi connectivity index (χ1n) is 7.07. The van der Waals surface area contributed by atoms with Crippen LogP contribution in [-0.2, 0) is 11.3 Å². The van der Waals surface area contributed by atoms with Crippen LogP contribution in [0.3, 0.4) is 0 Å². The summed E-state index contributed by atoms with van der Waals surface area (Å²) in [7, 11) is 0. The van der Waals surface area contributed by atoms with E-state index in [1.807, 2.05) is 31.2 Å². The fraction of sp³-hybridized carbons (Fsp3) is 0.294. The molecule has 0 amide bonds. The minimum atomic E-state index is -0.219. The van der Waals surface area contributed by atoms with Crippen molar-refractivity contribution in [1.29, 1.82) is 0 Å². The smallest absolute Gasteiger partial charge is 0.123 e. The van der Waals surface area contributed by atoms with Crippen LogP contribution in [0.15, 0.2) is 48.5 Å². The number of ether oxygens (including phenoxy) is 2. The molecule has 2 rings (SSSR count). The van der Waals surface area contributed by atoms with Crippen LogP contribution in [0.5, 0.6) is 5.75 Å². The van der Waals surface area contributed by atoms with Gasteiger partial charge in [-0.25, -0.2) is 4.39 Å². The van der Waals surface area contributed by atoms with E-state index in [4.69, 9.17) is 9.47 Å². The third-order valence-electron chi connectivity index (χ3n) is 2.94. The molecule has 0 aliphatic carbocycles. The Labute approximate surface area is 124 Å². The molecule has 1 N–H and O–H groups in total. The Morgan fingerprint density at radius 1 is 1.05 bits per heavy atom. The zero-order valence-electron chi connectivity index (χ0n) is 12.1. The van der Waals surface area contributed by atoms with E-state index in [0.717, 1.165) is 17.0 Å². The highest BCUT2D eigenvalue weighted by Crippen LogP contribution is 2.18. The molecule has 0 radical (unpaired) electrons. The molecule has 0 aliphatic rings. The Morgan fingerprint density at radius 2 is 1.86 bits per heavy atom. The summed E-state index contributed by atoms with van der Waals surface area (Å²) in [4.78, 5) is 0. The van der Waals surface area contributed by atoms with Gasteiger partial charge in [0, 0.05) is 24.9 Å². The standard InChI is InChI=1S/C17H20FNO2/c1-2-20-10-11-21-17-5-3-4-16(12-17)19-13-14-6-8-15(18)9-7-14/h3-9,12,19H,2,10-11,13H2,1H3. The molecule has 21 heavy (non-hydrogen) atoms. The van der Waals surface area contributed by atoms with Crippen molar-refractivity contribution in [2.24, 2.45) is 0 Å².